The number of fused-ring (bicyclic) bond motifs is 1. The van der Waals surface area contributed by atoms with E-state index in [1.807, 2.05) is 19.9 Å². The fourth-order valence-corrected chi connectivity index (χ4v) is 1.44. The maximum absolute atomic E-state index is 12.7. The zero-order valence-corrected chi connectivity index (χ0v) is 8.23. The van der Waals surface area contributed by atoms with Crippen molar-refractivity contribution < 1.29 is 4.39 Å². The first-order valence-corrected chi connectivity index (χ1v) is 4.88. The minimum Gasteiger partial charge on any atom is -0.385 e. The van der Waals surface area contributed by atoms with Gasteiger partial charge in [-0.25, -0.2) is 4.39 Å². The van der Waals surface area contributed by atoms with Crippen LogP contribution < -0.4 is 5.32 Å². The summed E-state index contributed by atoms with van der Waals surface area (Å²) >= 11 is 0. The van der Waals surface area contributed by atoms with E-state index in [0.29, 0.717) is 0 Å². The number of nitrogens with one attached hydrogen (secondary N) is 1. The Morgan fingerprint density at radius 3 is 2.85 bits per heavy atom. The Hall–Kier alpha value is -1.05. The van der Waals surface area contributed by atoms with Gasteiger partial charge in [0.15, 0.2) is 0 Å². The Morgan fingerprint density at radius 2 is 2.08 bits per heavy atom. The van der Waals surface area contributed by atoms with Crippen molar-refractivity contribution in [1.82, 2.24) is 0 Å². The van der Waals surface area contributed by atoms with Crippen molar-refractivity contribution in [2.24, 2.45) is 0 Å². The highest BCUT2D eigenvalue weighted by atomic mass is 19.1. The first-order chi connectivity index (χ1) is 6.36. The number of benzene rings is 1. The normalized spacial score (nSPS) is 13.5. The summed E-state index contributed by atoms with van der Waals surface area (Å²) in [5, 5.41) is 3.22. The molecule has 1 aromatic rings. The van der Waals surface area contributed by atoms with Crippen molar-refractivity contribution in [2.75, 3.05) is 11.9 Å². The molecule has 0 bridgehead atoms. The first-order valence-electron chi connectivity index (χ1n) is 4.88. The molecule has 0 saturated heterocycles. The van der Waals surface area contributed by atoms with Crippen LogP contribution >= 0.6 is 0 Å². The predicted molar refractivity (Wildman–Crippen MR) is 54.6 cm³/mol. The highest BCUT2D eigenvalue weighted by molar-refractivity contribution is 5.52. The van der Waals surface area contributed by atoms with E-state index in [1.54, 1.807) is 6.07 Å². The van der Waals surface area contributed by atoms with Gasteiger partial charge in [0.05, 0.1) is 0 Å². The SMILES string of the molecule is CC.Fc1ccc2c(c1)CCCN2. The Kier molecular flexibility index (Phi) is 3.74. The van der Waals surface area contributed by atoms with Crippen LogP contribution in [0.3, 0.4) is 0 Å². The van der Waals surface area contributed by atoms with Gasteiger partial charge in [0.25, 0.3) is 0 Å². The molecular formula is C11H16FN. The molecule has 13 heavy (non-hydrogen) atoms. The van der Waals surface area contributed by atoms with Crippen molar-refractivity contribution in [1.29, 1.82) is 0 Å². The lowest BCUT2D eigenvalue weighted by molar-refractivity contribution is 0.624. The molecule has 0 aromatic heterocycles. The average Bonchev–Trinajstić information content (AvgIpc) is 2.21. The third-order valence-corrected chi connectivity index (χ3v) is 2.01. The molecule has 0 unspecified atom stereocenters. The molecule has 1 heterocycles. The number of anilines is 1. The molecule has 1 aromatic carbocycles. The Morgan fingerprint density at radius 1 is 1.31 bits per heavy atom. The Labute approximate surface area is 79.0 Å². The fraction of sp³-hybridized carbons (Fsp3) is 0.455. The van der Waals surface area contributed by atoms with Crippen LogP contribution in [0.2, 0.25) is 0 Å². The largest absolute Gasteiger partial charge is 0.385 e. The second-order valence-electron chi connectivity index (χ2n) is 2.83. The van der Waals surface area contributed by atoms with Gasteiger partial charge in [-0.1, -0.05) is 13.8 Å². The molecule has 0 spiro atoms. The molecule has 2 rings (SSSR count). The quantitative estimate of drug-likeness (QED) is 0.648. The van der Waals surface area contributed by atoms with Crippen LogP contribution in [0.1, 0.15) is 25.8 Å². The second kappa shape index (κ2) is 4.85. The van der Waals surface area contributed by atoms with E-state index >= 15 is 0 Å². The molecule has 2 heteroatoms. The van der Waals surface area contributed by atoms with E-state index in [1.165, 1.54) is 6.07 Å². The van der Waals surface area contributed by atoms with Gasteiger partial charge in [-0.2, -0.15) is 0 Å². The lowest BCUT2D eigenvalue weighted by Crippen LogP contribution is -2.11. The van der Waals surface area contributed by atoms with Crippen molar-refractivity contribution in [2.45, 2.75) is 26.7 Å². The number of rotatable bonds is 0. The molecule has 0 atom stereocenters. The molecule has 0 aliphatic carbocycles. The lowest BCUT2D eigenvalue weighted by atomic mass is 10.0. The van der Waals surface area contributed by atoms with E-state index in [2.05, 4.69) is 5.32 Å². The van der Waals surface area contributed by atoms with Crippen LogP contribution in [-0.4, -0.2) is 6.54 Å². The van der Waals surface area contributed by atoms with E-state index in [9.17, 15) is 4.39 Å². The van der Waals surface area contributed by atoms with Crippen LogP contribution in [0.25, 0.3) is 0 Å². The summed E-state index contributed by atoms with van der Waals surface area (Å²) in [5.74, 6) is -0.132. The minimum atomic E-state index is -0.132. The zero-order valence-electron chi connectivity index (χ0n) is 8.23. The van der Waals surface area contributed by atoms with E-state index < -0.39 is 0 Å². The molecule has 1 aliphatic heterocycles. The van der Waals surface area contributed by atoms with Crippen LogP contribution in [-0.2, 0) is 6.42 Å². The highest BCUT2D eigenvalue weighted by Crippen LogP contribution is 2.21. The summed E-state index contributed by atoms with van der Waals surface area (Å²) in [7, 11) is 0. The summed E-state index contributed by atoms with van der Waals surface area (Å²) < 4.78 is 12.7. The van der Waals surface area contributed by atoms with Gasteiger partial charge in [0, 0.05) is 12.2 Å². The summed E-state index contributed by atoms with van der Waals surface area (Å²) in [6.07, 6.45) is 2.11. The average molecular weight is 181 g/mol. The Bertz CT molecular complexity index is 271. The molecule has 1 aliphatic rings. The highest BCUT2D eigenvalue weighted by Gasteiger charge is 2.07. The van der Waals surface area contributed by atoms with E-state index in [4.69, 9.17) is 0 Å². The van der Waals surface area contributed by atoms with Crippen molar-refractivity contribution in [3.05, 3.63) is 29.6 Å². The topological polar surface area (TPSA) is 12.0 Å². The molecule has 0 saturated carbocycles. The fourth-order valence-electron chi connectivity index (χ4n) is 1.44. The van der Waals surface area contributed by atoms with Crippen molar-refractivity contribution in [3.63, 3.8) is 0 Å². The van der Waals surface area contributed by atoms with Crippen LogP contribution in [0.5, 0.6) is 0 Å². The molecule has 0 radical (unpaired) electrons. The van der Waals surface area contributed by atoms with Crippen LogP contribution in [0.4, 0.5) is 10.1 Å². The van der Waals surface area contributed by atoms with Crippen molar-refractivity contribution >= 4 is 5.69 Å². The van der Waals surface area contributed by atoms with Gasteiger partial charge in [0.1, 0.15) is 5.82 Å². The van der Waals surface area contributed by atoms with E-state index in [-0.39, 0.29) is 5.82 Å². The molecule has 1 nitrogen and oxygen atoms in total. The number of aryl methyl sites for hydroxylation is 1. The number of hydrogen-bond acceptors (Lipinski definition) is 1. The molecule has 0 fully saturated rings. The number of hydrogen-bond donors (Lipinski definition) is 1. The number of halogens is 1. The van der Waals surface area contributed by atoms with Gasteiger partial charge in [-0.15, -0.1) is 0 Å². The summed E-state index contributed by atoms with van der Waals surface area (Å²) in [4.78, 5) is 0. The lowest BCUT2D eigenvalue weighted by Gasteiger charge is -2.17. The van der Waals surface area contributed by atoms with E-state index in [0.717, 1.165) is 30.6 Å². The van der Waals surface area contributed by atoms with Gasteiger partial charge in [-0.05, 0) is 36.6 Å². The predicted octanol–water partition coefficient (Wildman–Crippen LogP) is 3.21. The second-order valence-corrected chi connectivity index (χ2v) is 2.83. The maximum Gasteiger partial charge on any atom is 0.123 e. The summed E-state index contributed by atoms with van der Waals surface area (Å²) in [6, 6.07) is 4.92. The van der Waals surface area contributed by atoms with Gasteiger partial charge in [-0.3, -0.25) is 0 Å². The third kappa shape index (κ3) is 2.44. The zero-order chi connectivity index (χ0) is 9.68. The summed E-state index contributed by atoms with van der Waals surface area (Å²) in [5.41, 5.74) is 2.20. The maximum atomic E-state index is 12.7. The van der Waals surface area contributed by atoms with Gasteiger partial charge >= 0.3 is 0 Å². The molecule has 0 amide bonds. The molecule has 72 valence electrons. The van der Waals surface area contributed by atoms with Gasteiger partial charge in [0.2, 0.25) is 0 Å². The third-order valence-electron chi connectivity index (χ3n) is 2.01. The monoisotopic (exact) mass is 181 g/mol. The standard InChI is InChI=1S/C9H10FN.C2H6/c10-8-3-4-9-7(6-8)2-1-5-11-9;1-2/h3-4,6,11H,1-2,5H2;1-2H3. The van der Waals surface area contributed by atoms with Gasteiger partial charge < -0.3 is 5.32 Å². The van der Waals surface area contributed by atoms with Crippen LogP contribution in [0.15, 0.2) is 18.2 Å². The molecular weight excluding hydrogens is 165 g/mol. The summed E-state index contributed by atoms with van der Waals surface area (Å²) in [6.45, 7) is 5.01. The first kappa shape index (κ1) is 10.0. The van der Waals surface area contributed by atoms with Crippen molar-refractivity contribution in [3.8, 4) is 0 Å². The molecule has 1 N–H and O–H groups in total. The smallest absolute Gasteiger partial charge is 0.123 e. The Balaban J connectivity index is 0.000000396. The minimum absolute atomic E-state index is 0.132. The van der Waals surface area contributed by atoms with Crippen LogP contribution in [0, 0.1) is 5.82 Å².